The van der Waals surface area contributed by atoms with Crippen molar-refractivity contribution in [2.45, 2.75) is 129 Å². The van der Waals surface area contributed by atoms with Gasteiger partial charge in [0.15, 0.2) is 5.58 Å². The molecule has 0 radical (unpaired) electrons. The Bertz CT molecular complexity index is 3630. The first kappa shape index (κ1) is 42.6. The fourth-order valence-corrected chi connectivity index (χ4v) is 13.4. The van der Waals surface area contributed by atoms with Crippen molar-refractivity contribution in [2.24, 2.45) is 0 Å². The third-order valence-electron chi connectivity index (χ3n) is 17.4. The molecule has 9 aromatic rings. The lowest BCUT2D eigenvalue weighted by Crippen LogP contribution is -2.60. The second-order valence-corrected chi connectivity index (χ2v) is 24.5. The Hall–Kier alpha value is -6.46. The highest BCUT2D eigenvalue weighted by Crippen LogP contribution is 2.62. The Balaban J connectivity index is 1.16. The van der Waals surface area contributed by atoms with E-state index >= 15 is 0 Å². The Labute approximate surface area is 409 Å². The Kier molecular flexibility index (Phi) is 8.70. The van der Waals surface area contributed by atoms with Gasteiger partial charge in [-0.3, -0.25) is 0 Å². The van der Waals surface area contributed by atoms with E-state index in [2.05, 4.69) is 230 Å². The molecule has 3 aliphatic heterocycles. The number of benzene rings is 7. The lowest BCUT2D eigenvalue weighted by Gasteiger charge is -2.50. The van der Waals surface area contributed by atoms with E-state index in [-0.39, 0.29) is 33.9 Å². The zero-order valence-corrected chi connectivity index (χ0v) is 42.4. The van der Waals surface area contributed by atoms with Gasteiger partial charge in [-0.1, -0.05) is 161 Å². The number of anilines is 5. The molecule has 1 aliphatic carbocycles. The van der Waals surface area contributed by atoms with Crippen molar-refractivity contribution in [2.75, 3.05) is 9.80 Å². The quantitative estimate of drug-likeness (QED) is 0.165. The number of rotatable bonds is 3. The first-order valence-electron chi connectivity index (χ1n) is 25.6. The summed E-state index contributed by atoms with van der Waals surface area (Å²) in [7, 11) is 0. The Morgan fingerprint density at radius 2 is 1.19 bits per heavy atom. The summed E-state index contributed by atoms with van der Waals surface area (Å²) in [6, 6.07) is 54.0. The van der Waals surface area contributed by atoms with Gasteiger partial charge in [-0.25, -0.2) is 0 Å². The van der Waals surface area contributed by atoms with Crippen molar-refractivity contribution >= 4 is 84.5 Å². The van der Waals surface area contributed by atoms with Crippen LogP contribution < -0.4 is 26.2 Å². The molecular weight excluding hydrogens is 838 g/mol. The lowest BCUT2D eigenvalue weighted by molar-refractivity contribution is 0.195. The van der Waals surface area contributed by atoms with Crippen LogP contribution in [-0.4, -0.2) is 16.8 Å². The molecule has 13 rings (SSSR count). The molecule has 4 nitrogen and oxygen atoms in total. The highest BCUT2D eigenvalue weighted by molar-refractivity contribution is 7.00. The van der Waals surface area contributed by atoms with Crippen molar-refractivity contribution < 1.29 is 4.42 Å². The fourth-order valence-electron chi connectivity index (χ4n) is 13.4. The van der Waals surface area contributed by atoms with Crippen molar-refractivity contribution in [3.8, 4) is 16.8 Å². The number of fused-ring (bicyclic) bond motifs is 12. The van der Waals surface area contributed by atoms with E-state index in [0.717, 1.165) is 28.5 Å². The standard InChI is InChI=1S/C64H64BN3O/c1-60(2,3)40-26-30-50(46(34-40)39-20-13-12-14-21-39)66-52-38-43(68-51-31-27-41(61(4,5)6)35-47(51)63(10)32-17-18-33-64(63,68)11)28-29-48(52)65-49-24-19-23-45-57(49)67(58-44-22-15-16-25-55(44)69-59(45)58)54-37-42(62(7,8)9)36-53(66)56(54)65/h12-16,19-31,34-38H,17-18,32-33H2,1-11H3. The smallest absolute Gasteiger partial charge is 0.252 e. The molecule has 0 amide bonds. The molecule has 1 fully saturated rings. The van der Waals surface area contributed by atoms with Gasteiger partial charge in [0, 0.05) is 50.2 Å². The summed E-state index contributed by atoms with van der Waals surface area (Å²) >= 11 is 0. The Morgan fingerprint density at radius 1 is 0.522 bits per heavy atom. The number of furan rings is 1. The van der Waals surface area contributed by atoms with Gasteiger partial charge in [-0.15, -0.1) is 0 Å². The average molecular weight is 902 g/mol. The minimum atomic E-state index is -0.140. The molecule has 2 unspecified atom stereocenters. The number of hydrogen-bond acceptors (Lipinski definition) is 3. The first-order chi connectivity index (χ1) is 32.9. The molecule has 69 heavy (non-hydrogen) atoms. The summed E-state index contributed by atoms with van der Waals surface area (Å²) in [5.74, 6) is 0. The van der Waals surface area contributed by atoms with E-state index in [1.54, 1.807) is 0 Å². The van der Waals surface area contributed by atoms with Gasteiger partial charge >= 0.3 is 0 Å². The molecule has 1 saturated carbocycles. The number of para-hydroxylation sites is 2. The molecule has 344 valence electrons. The maximum Gasteiger partial charge on any atom is 0.252 e. The number of nitrogens with zero attached hydrogens (tertiary/aromatic N) is 3. The van der Waals surface area contributed by atoms with Gasteiger partial charge in [0.1, 0.15) is 11.1 Å². The highest BCUT2D eigenvalue weighted by atomic mass is 16.3. The van der Waals surface area contributed by atoms with E-state index in [0.29, 0.717) is 0 Å². The summed E-state index contributed by atoms with van der Waals surface area (Å²) in [5.41, 5.74) is 23.7. The molecular formula is C64H64BN3O. The van der Waals surface area contributed by atoms with Gasteiger partial charge in [0.05, 0.1) is 16.7 Å². The van der Waals surface area contributed by atoms with Crippen molar-refractivity contribution in [1.29, 1.82) is 0 Å². The summed E-state index contributed by atoms with van der Waals surface area (Å²) in [5, 5.41) is 2.32. The van der Waals surface area contributed by atoms with E-state index in [4.69, 9.17) is 4.42 Å². The number of aromatic nitrogens is 1. The average Bonchev–Trinajstić information content (AvgIpc) is 3.92. The molecule has 0 spiro atoms. The second-order valence-electron chi connectivity index (χ2n) is 24.5. The maximum atomic E-state index is 6.87. The van der Waals surface area contributed by atoms with Crippen LogP contribution in [0.25, 0.3) is 49.8 Å². The molecule has 5 heteroatoms. The third-order valence-corrected chi connectivity index (χ3v) is 17.4. The lowest BCUT2D eigenvalue weighted by atomic mass is 9.33. The van der Waals surface area contributed by atoms with Gasteiger partial charge in [0.25, 0.3) is 6.71 Å². The SMILES string of the molecule is CC(C)(C)c1ccc(N2c3cc(N4c5ccc(C(C)(C)C)cc5C5(C)CCCCC45C)ccc3B3c4c2cc(C(C)(C)C)cc4-n2c4c3cccc4c3oc4ccccc4c32)c(-c2ccccc2)c1. The van der Waals surface area contributed by atoms with E-state index in [1.165, 1.54) is 114 Å². The molecule has 2 atom stereocenters. The third kappa shape index (κ3) is 5.83. The predicted octanol–water partition coefficient (Wildman–Crippen LogP) is 15.4. The second kappa shape index (κ2) is 14.1. The van der Waals surface area contributed by atoms with Crippen molar-refractivity contribution in [3.05, 3.63) is 162 Å². The van der Waals surface area contributed by atoms with E-state index < -0.39 is 0 Å². The van der Waals surface area contributed by atoms with Crippen LogP contribution in [0.1, 0.15) is 124 Å². The monoisotopic (exact) mass is 902 g/mol. The highest BCUT2D eigenvalue weighted by Gasteiger charge is 2.58. The van der Waals surface area contributed by atoms with Gasteiger partial charge in [-0.05, 0) is 141 Å². The molecule has 0 saturated heterocycles. The predicted molar refractivity (Wildman–Crippen MR) is 294 cm³/mol. The molecule has 7 aromatic carbocycles. The van der Waals surface area contributed by atoms with Crippen LogP contribution in [0.5, 0.6) is 0 Å². The molecule has 5 heterocycles. The minimum absolute atomic E-state index is 0.00412. The summed E-state index contributed by atoms with van der Waals surface area (Å²) < 4.78 is 9.45. The van der Waals surface area contributed by atoms with Crippen molar-refractivity contribution in [1.82, 2.24) is 4.57 Å². The fraction of sp³-hybridized carbons (Fsp3) is 0.312. The van der Waals surface area contributed by atoms with Crippen molar-refractivity contribution in [3.63, 3.8) is 0 Å². The van der Waals surface area contributed by atoms with Crippen LogP contribution in [-0.2, 0) is 21.7 Å². The summed E-state index contributed by atoms with van der Waals surface area (Å²) in [6.07, 6.45) is 4.83. The normalized spacial score (nSPS) is 19.6. The van der Waals surface area contributed by atoms with Crippen LogP contribution in [0.4, 0.5) is 28.4 Å². The summed E-state index contributed by atoms with van der Waals surface area (Å²) in [4.78, 5) is 5.46. The molecule has 0 N–H and O–H groups in total. The van der Waals surface area contributed by atoms with Gasteiger partial charge in [-0.2, -0.15) is 0 Å². The van der Waals surface area contributed by atoms with Crippen LogP contribution in [0.3, 0.4) is 0 Å². The van der Waals surface area contributed by atoms with Crippen LogP contribution in [0.2, 0.25) is 0 Å². The first-order valence-corrected chi connectivity index (χ1v) is 25.6. The summed E-state index contributed by atoms with van der Waals surface area (Å²) in [6.45, 7) is 26.3. The van der Waals surface area contributed by atoms with Crippen LogP contribution in [0.15, 0.2) is 144 Å². The topological polar surface area (TPSA) is 24.6 Å². The largest absolute Gasteiger partial charge is 0.454 e. The van der Waals surface area contributed by atoms with Gasteiger partial charge < -0.3 is 18.8 Å². The zero-order chi connectivity index (χ0) is 47.7. The number of hydrogen-bond donors (Lipinski definition) is 0. The minimum Gasteiger partial charge on any atom is -0.454 e. The van der Waals surface area contributed by atoms with E-state index in [1.807, 2.05) is 0 Å². The van der Waals surface area contributed by atoms with Gasteiger partial charge in [0.2, 0.25) is 0 Å². The van der Waals surface area contributed by atoms with E-state index in [9.17, 15) is 0 Å². The van der Waals surface area contributed by atoms with Crippen LogP contribution >= 0.6 is 0 Å². The zero-order valence-electron chi connectivity index (χ0n) is 42.4. The van der Waals surface area contributed by atoms with Crippen LogP contribution in [0, 0.1) is 0 Å². The maximum absolute atomic E-state index is 6.87. The molecule has 4 aliphatic rings. The Morgan fingerprint density at radius 3 is 1.94 bits per heavy atom. The molecule has 0 bridgehead atoms. The molecule has 2 aromatic heterocycles.